The van der Waals surface area contributed by atoms with E-state index in [-0.39, 0.29) is 17.4 Å². The highest BCUT2D eigenvalue weighted by Gasteiger charge is 2.26. The summed E-state index contributed by atoms with van der Waals surface area (Å²) in [6, 6.07) is 12.1. The van der Waals surface area contributed by atoms with Crippen LogP contribution >= 0.6 is 0 Å². The van der Waals surface area contributed by atoms with Crippen LogP contribution in [0.4, 0.5) is 17.1 Å². The maximum atomic E-state index is 12.6. The quantitative estimate of drug-likeness (QED) is 0.749. The SMILES string of the molecule is CC(=O)N1CCc2cc(NC(=O)COC(=O)c3ccccc3N3CCCC3=O)ccc21. The van der Waals surface area contributed by atoms with Crippen LogP contribution in [0, 0.1) is 0 Å². The number of nitrogens with zero attached hydrogens (tertiary/aromatic N) is 2. The van der Waals surface area contributed by atoms with E-state index < -0.39 is 18.5 Å². The molecule has 8 heteroatoms. The Morgan fingerprint density at radius 1 is 1.03 bits per heavy atom. The van der Waals surface area contributed by atoms with Crippen LogP contribution in [0.2, 0.25) is 0 Å². The molecule has 0 spiro atoms. The second-order valence-electron chi connectivity index (χ2n) is 7.55. The highest BCUT2D eigenvalue weighted by molar-refractivity contribution is 6.04. The smallest absolute Gasteiger partial charge is 0.340 e. The highest BCUT2D eigenvalue weighted by Crippen LogP contribution is 2.30. The Balaban J connectivity index is 1.37. The second kappa shape index (κ2) is 8.59. The topological polar surface area (TPSA) is 96.0 Å². The van der Waals surface area contributed by atoms with Gasteiger partial charge in [0.15, 0.2) is 6.61 Å². The van der Waals surface area contributed by atoms with E-state index >= 15 is 0 Å². The lowest BCUT2D eigenvalue weighted by atomic mass is 10.1. The van der Waals surface area contributed by atoms with Crippen LogP contribution in [0.5, 0.6) is 0 Å². The van der Waals surface area contributed by atoms with Gasteiger partial charge in [-0.3, -0.25) is 14.4 Å². The predicted molar refractivity (Wildman–Crippen MR) is 115 cm³/mol. The lowest BCUT2D eigenvalue weighted by molar-refractivity contribution is -0.119. The molecule has 2 aromatic rings. The van der Waals surface area contributed by atoms with Crippen molar-refractivity contribution < 1.29 is 23.9 Å². The van der Waals surface area contributed by atoms with Crippen LogP contribution in [0.25, 0.3) is 0 Å². The average Bonchev–Trinajstić information content (AvgIpc) is 3.37. The molecule has 160 valence electrons. The van der Waals surface area contributed by atoms with E-state index in [1.54, 1.807) is 46.2 Å². The third kappa shape index (κ3) is 4.28. The van der Waals surface area contributed by atoms with Crippen molar-refractivity contribution in [1.82, 2.24) is 0 Å². The van der Waals surface area contributed by atoms with Crippen molar-refractivity contribution in [2.75, 3.05) is 34.8 Å². The molecule has 4 rings (SSSR count). The minimum atomic E-state index is -0.656. The number of carbonyl (C=O) groups excluding carboxylic acids is 4. The number of ether oxygens (including phenoxy) is 1. The molecule has 0 saturated carbocycles. The summed E-state index contributed by atoms with van der Waals surface area (Å²) in [6.45, 7) is 2.26. The summed E-state index contributed by atoms with van der Waals surface area (Å²) in [6.07, 6.45) is 1.92. The van der Waals surface area contributed by atoms with Crippen molar-refractivity contribution >= 4 is 40.8 Å². The zero-order valence-corrected chi connectivity index (χ0v) is 17.2. The lowest BCUT2D eigenvalue weighted by Gasteiger charge is -2.18. The fourth-order valence-electron chi connectivity index (χ4n) is 4.00. The fourth-order valence-corrected chi connectivity index (χ4v) is 4.00. The summed E-state index contributed by atoms with van der Waals surface area (Å²) >= 11 is 0. The molecule has 0 unspecified atom stereocenters. The van der Waals surface area contributed by atoms with E-state index in [1.165, 1.54) is 6.92 Å². The Kier molecular flexibility index (Phi) is 5.70. The summed E-state index contributed by atoms with van der Waals surface area (Å²) in [5.74, 6) is -1.17. The van der Waals surface area contributed by atoms with Gasteiger partial charge in [-0.2, -0.15) is 0 Å². The van der Waals surface area contributed by atoms with Crippen LogP contribution in [0.3, 0.4) is 0 Å². The van der Waals surface area contributed by atoms with Crippen molar-refractivity contribution in [3.05, 3.63) is 53.6 Å². The lowest BCUT2D eigenvalue weighted by Crippen LogP contribution is -2.27. The standard InChI is InChI=1S/C23H23N3O5/c1-15(27)25-12-10-16-13-17(8-9-19(16)25)24-21(28)14-31-23(30)18-5-2-3-6-20(18)26-11-4-7-22(26)29/h2-3,5-6,8-9,13H,4,7,10-12,14H2,1H3,(H,24,28). The van der Waals surface area contributed by atoms with Gasteiger partial charge in [-0.1, -0.05) is 12.1 Å². The molecule has 1 N–H and O–H groups in total. The number of benzene rings is 2. The number of esters is 1. The number of rotatable bonds is 5. The summed E-state index contributed by atoms with van der Waals surface area (Å²) in [5, 5.41) is 2.72. The summed E-state index contributed by atoms with van der Waals surface area (Å²) in [7, 11) is 0. The van der Waals surface area contributed by atoms with Gasteiger partial charge < -0.3 is 19.9 Å². The van der Waals surface area contributed by atoms with Gasteiger partial charge in [0.1, 0.15) is 0 Å². The summed E-state index contributed by atoms with van der Waals surface area (Å²) in [4.78, 5) is 51.8. The van der Waals surface area contributed by atoms with Gasteiger partial charge in [-0.15, -0.1) is 0 Å². The van der Waals surface area contributed by atoms with E-state index in [4.69, 9.17) is 4.74 Å². The molecule has 2 aliphatic rings. The molecule has 0 atom stereocenters. The molecular formula is C23H23N3O5. The maximum absolute atomic E-state index is 12.6. The van der Waals surface area contributed by atoms with Gasteiger partial charge >= 0.3 is 5.97 Å². The monoisotopic (exact) mass is 421 g/mol. The Bertz CT molecular complexity index is 1060. The number of anilines is 3. The van der Waals surface area contributed by atoms with E-state index in [1.807, 2.05) is 6.07 Å². The zero-order valence-electron chi connectivity index (χ0n) is 17.2. The van der Waals surface area contributed by atoms with Crippen LogP contribution in [-0.4, -0.2) is 43.4 Å². The first-order chi connectivity index (χ1) is 14.9. The molecule has 2 aromatic carbocycles. The molecule has 1 saturated heterocycles. The van der Waals surface area contributed by atoms with E-state index in [0.717, 1.165) is 24.1 Å². The van der Waals surface area contributed by atoms with Gasteiger partial charge in [-0.25, -0.2) is 4.79 Å². The molecular weight excluding hydrogens is 398 g/mol. The molecule has 2 heterocycles. The molecule has 0 aromatic heterocycles. The molecule has 3 amide bonds. The number of amides is 3. The summed E-state index contributed by atoms with van der Waals surface area (Å²) < 4.78 is 5.20. The van der Waals surface area contributed by atoms with Crippen LogP contribution < -0.4 is 15.1 Å². The molecule has 1 fully saturated rings. The second-order valence-corrected chi connectivity index (χ2v) is 7.55. The molecule has 0 aliphatic carbocycles. The van der Waals surface area contributed by atoms with Gasteiger partial charge in [0.05, 0.1) is 11.3 Å². The number of fused-ring (bicyclic) bond motifs is 1. The zero-order chi connectivity index (χ0) is 22.0. The Morgan fingerprint density at radius 2 is 1.84 bits per heavy atom. The minimum absolute atomic E-state index is 0.0154. The van der Waals surface area contributed by atoms with Crippen molar-refractivity contribution in [3.8, 4) is 0 Å². The normalized spacial score (nSPS) is 15.1. The summed E-state index contributed by atoms with van der Waals surface area (Å²) in [5.41, 5.74) is 3.17. The molecule has 31 heavy (non-hydrogen) atoms. The van der Waals surface area contributed by atoms with E-state index in [2.05, 4.69) is 5.32 Å². The number of para-hydroxylation sites is 1. The highest BCUT2D eigenvalue weighted by atomic mass is 16.5. The predicted octanol–water partition coefficient (Wildman–Crippen LogP) is 2.52. The first kappa shape index (κ1) is 20.6. The minimum Gasteiger partial charge on any atom is -0.452 e. The van der Waals surface area contributed by atoms with Crippen molar-refractivity contribution in [1.29, 1.82) is 0 Å². The van der Waals surface area contributed by atoms with Crippen molar-refractivity contribution in [2.45, 2.75) is 26.2 Å². The van der Waals surface area contributed by atoms with Crippen LogP contribution in [0.1, 0.15) is 35.7 Å². The largest absolute Gasteiger partial charge is 0.452 e. The number of hydrogen-bond acceptors (Lipinski definition) is 5. The van der Waals surface area contributed by atoms with E-state index in [9.17, 15) is 19.2 Å². The maximum Gasteiger partial charge on any atom is 0.340 e. The Morgan fingerprint density at radius 3 is 2.58 bits per heavy atom. The number of hydrogen-bond donors (Lipinski definition) is 1. The molecule has 8 nitrogen and oxygen atoms in total. The Labute approximate surface area is 179 Å². The first-order valence-corrected chi connectivity index (χ1v) is 10.2. The first-order valence-electron chi connectivity index (χ1n) is 10.2. The van der Waals surface area contributed by atoms with Crippen LogP contribution in [0.15, 0.2) is 42.5 Å². The van der Waals surface area contributed by atoms with Gasteiger partial charge in [0.25, 0.3) is 5.91 Å². The number of carbonyl (C=O) groups is 4. The molecule has 0 bridgehead atoms. The Hall–Kier alpha value is -3.68. The third-order valence-corrected chi connectivity index (χ3v) is 5.46. The third-order valence-electron chi connectivity index (χ3n) is 5.46. The van der Waals surface area contributed by atoms with Gasteiger partial charge in [-0.05, 0) is 48.7 Å². The van der Waals surface area contributed by atoms with Crippen molar-refractivity contribution in [2.24, 2.45) is 0 Å². The van der Waals surface area contributed by atoms with Gasteiger partial charge in [0.2, 0.25) is 11.8 Å². The molecule has 2 aliphatic heterocycles. The van der Waals surface area contributed by atoms with E-state index in [0.29, 0.717) is 30.9 Å². The fraction of sp³-hybridized carbons (Fsp3) is 0.304. The number of nitrogens with one attached hydrogen (secondary N) is 1. The van der Waals surface area contributed by atoms with Gasteiger partial charge in [0, 0.05) is 37.8 Å². The molecule has 0 radical (unpaired) electrons. The van der Waals surface area contributed by atoms with Crippen molar-refractivity contribution in [3.63, 3.8) is 0 Å². The van der Waals surface area contributed by atoms with Crippen LogP contribution in [-0.2, 0) is 25.5 Å². The average molecular weight is 421 g/mol.